The maximum absolute atomic E-state index is 14.0. The fraction of sp³-hybridized carbons (Fsp3) is 0.367. The Hall–Kier alpha value is -3.73. The molecule has 3 heterocycles. The molecule has 40 heavy (non-hydrogen) atoms. The van der Waals surface area contributed by atoms with Crippen LogP contribution in [0.15, 0.2) is 71.1 Å². The average Bonchev–Trinajstić information content (AvgIpc) is 3.71. The number of hydrogen-bond acceptors (Lipinski definition) is 8. The summed E-state index contributed by atoms with van der Waals surface area (Å²) in [6.45, 7) is 4.00. The topological polar surface area (TPSA) is 83.9 Å². The molecule has 10 heteroatoms. The fourth-order valence-electron chi connectivity index (χ4n) is 5.01. The Labute approximate surface area is 238 Å². The first kappa shape index (κ1) is 27.8. The Morgan fingerprint density at radius 1 is 1.02 bits per heavy atom. The Morgan fingerprint density at radius 3 is 2.50 bits per heavy atom. The summed E-state index contributed by atoms with van der Waals surface area (Å²) >= 11 is 1.38. The molecule has 210 valence electrons. The first-order valence-electron chi connectivity index (χ1n) is 13.4. The van der Waals surface area contributed by atoms with E-state index >= 15 is 0 Å². The first-order chi connectivity index (χ1) is 19.6. The fourth-order valence-corrected chi connectivity index (χ4v) is 5.70. The summed E-state index contributed by atoms with van der Waals surface area (Å²) in [5.41, 5.74) is 2.57. The lowest BCUT2D eigenvalue weighted by molar-refractivity contribution is -0.133. The van der Waals surface area contributed by atoms with Crippen molar-refractivity contribution >= 4 is 28.9 Å². The Balaban J connectivity index is 1.42. The van der Waals surface area contributed by atoms with Crippen molar-refractivity contribution in [3.8, 4) is 11.5 Å². The predicted octanol–water partition coefficient (Wildman–Crippen LogP) is 3.92. The number of amides is 2. The van der Waals surface area contributed by atoms with Crippen LogP contribution in [0.25, 0.3) is 0 Å². The number of morpholine rings is 1. The minimum atomic E-state index is -0.362. The van der Waals surface area contributed by atoms with Gasteiger partial charge in [0, 0.05) is 38.2 Å². The van der Waals surface area contributed by atoms with Gasteiger partial charge < -0.3 is 19.1 Å². The minimum Gasteiger partial charge on any atom is -0.497 e. The highest BCUT2D eigenvalue weighted by molar-refractivity contribution is 7.12. The van der Waals surface area contributed by atoms with Crippen molar-refractivity contribution in [3.05, 3.63) is 82.0 Å². The number of hydrazone groups is 1. The number of rotatable bonds is 10. The summed E-state index contributed by atoms with van der Waals surface area (Å²) < 4.78 is 16.4. The van der Waals surface area contributed by atoms with Gasteiger partial charge >= 0.3 is 0 Å². The summed E-state index contributed by atoms with van der Waals surface area (Å²) in [5, 5.41) is 8.22. The van der Waals surface area contributed by atoms with Crippen LogP contribution in [0.5, 0.6) is 11.5 Å². The van der Waals surface area contributed by atoms with Crippen LogP contribution in [-0.4, -0.2) is 92.5 Å². The molecular formula is C30H34N4O5S. The smallest absolute Gasteiger partial charge is 0.264 e. The molecule has 0 radical (unpaired) electrons. The number of ether oxygens (including phenoxy) is 3. The molecule has 0 aliphatic carbocycles. The van der Waals surface area contributed by atoms with E-state index in [1.165, 1.54) is 16.3 Å². The zero-order valence-electron chi connectivity index (χ0n) is 22.8. The molecule has 1 atom stereocenters. The van der Waals surface area contributed by atoms with Gasteiger partial charge in [-0.2, -0.15) is 5.10 Å². The van der Waals surface area contributed by atoms with Crippen LogP contribution in [0.1, 0.15) is 33.3 Å². The molecule has 2 aliphatic rings. The summed E-state index contributed by atoms with van der Waals surface area (Å²) in [6, 6.07) is 18.6. The Bertz CT molecular complexity index is 1320. The van der Waals surface area contributed by atoms with E-state index in [1.54, 1.807) is 25.2 Å². The van der Waals surface area contributed by atoms with Gasteiger partial charge in [0.25, 0.3) is 11.8 Å². The largest absolute Gasteiger partial charge is 0.497 e. The number of hydrogen-bond donors (Lipinski definition) is 0. The molecule has 0 spiro atoms. The van der Waals surface area contributed by atoms with Crippen LogP contribution in [0.3, 0.4) is 0 Å². The zero-order chi connectivity index (χ0) is 27.9. The van der Waals surface area contributed by atoms with Crippen molar-refractivity contribution in [1.29, 1.82) is 0 Å². The SMILES string of the molecule is COc1ccc(C2=NN(C(=O)CN(CCN3CCOCC3)C(=O)c3cccs3)[C@@H](c3ccccc3OC)C2)cc1. The molecule has 0 unspecified atom stereocenters. The second-order valence-corrected chi connectivity index (χ2v) is 10.6. The predicted molar refractivity (Wildman–Crippen MR) is 154 cm³/mol. The monoisotopic (exact) mass is 562 g/mol. The lowest BCUT2D eigenvalue weighted by Gasteiger charge is -2.31. The van der Waals surface area contributed by atoms with Gasteiger partial charge in [0.1, 0.15) is 18.0 Å². The van der Waals surface area contributed by atoms with Gasteiger partial charge in [-0.1, -0.05) is 24.3 Å². The molecule has 1 aromatic heterocycles. The highest BCUT2D eigenvalue weighted by Crippen LogP contribution is 2.37. The lowest BCUT2D eigenvalue weighted by Crippen LogP contribution is -2.46. The number of thiophene rings is 1. The molecule has 2 amide bonds. The van der Waals surface area contributed by atoms with E-state index < -0.39 is 0 Å². The second-order valence-electron chi connectivity index (χ2n) is 9.63. The van der Waals surface area contributed by atoms with Crippen LogP contribution in [0.4, 0.5) is 0 Å². The van der Waals surface area contributed by atoms with Gasteiger partial charge in [0.05, 0.1) is 44.1 Å². The third kappa shape index (κ3) is 6.35. The highest BCUT2D eigenvalue weighted by atomic mass is 32.1. The zero-order valence-corrected chi connectivity index (χ0v) is 23.6. The maximum atomic E-state index is 14.0. The molecule has 9 nitrogen and oxygen atoms in total. The van der Waals surface area contributed by atoms with Crippen LogP contribution in [0, 0.1) is 0 Å². The minimum absolute atomic E-state index is 0.0773. The van der Waals surface area contributed by atoms with Gasteiger partial charge in [-0.25, -0.2) is 5.01 Å². The molecule has 0 bridgehead atoms. The third-order valence-electron chi connectivity index (χ3n) is 7.22. The summed E-state index contributed by atoms with van der Waals surface area (Å²) in [6.07, 6.45) is 0.519. The normalized spacial score (nSPS) is 17.4. The number of nitrogens with zero attached hydrogens (tertiary/aromatic N) is 4. The van der Waals surface area contributed by atoms with Crippen molar-refractivity contribution in [3.63, 3.8) is 0 Å². The van der Waals surface area contributed by atoms with Gasteiger partial charge in [-0.3, -0.25) is 14.5 Å². The quantitative estimate of drug-likeness (QED) is 0.373. The van der Waals surface area contributed by atoms with Crippen LogP contribution >= 0.6 is 11.3 Å². The van der Waals surface area contributed by atoms with E-state index in [-0.39, 0.29) is 24.4 Å². The Kier molecular flexibility index (Phi) is 9.10. The van der Waals surface area contributed by atoms with Crippen molar-refractivity contribution in [2.24, 2.45) is 5.10 Å². The van der Waals surface area contributed by atoms with E-state index in [0.29, 0.717) is 43.4 Å². The van der Waals surface area contributed by atoms with E-state index in [2.05, 4.69) is 4.90 Å². The molecular weight excluding hydrogens is 528 g/mol. The molecule has 0 saturated carbocycles. The third-order valence-corrected chi connectivity index (χ3v) is 8.08. The van der Waals surface area contributed by atoms with E-state index in [4.69, 9.17) is 19.3 Å². The van der Waals surface area contributed by atoms with Crippen LogP contribution < -0.4 is 9.47 Å². The number of para-hydroxylation sites is 1. The Morgan fingerprint density at radius 2 is 1.80 bits per heavy atom. The van der Waals surface area contributed by atoms with Crippen LogP contribution in [0.2, 0.25) is 0 Å². The highest BCUT2D eigenvalue weighted by Gasteiger charge is 2.36. The maximum Gasteiger partial charge on any atom is 0.264 e. The number of carbonyl (C=O) groups excluding carboxylic acids is 2. The molecule has 1 saturated heterocycles. The van der Waals surface area contributed by atoms with Gasteiger partial charge in [0.15, 0.2) is 0 Å². The van der Waals surface area contributed by atoms with Gasteiger partial charge in [-0.15, -0.1) is 11.3 Å². The number of carbonyl (C=O) groups is 2. The first-order valence-corrected chi connectivity index (χ1v) is 14.2. The molecule has 1 fully saturated rings. The van der Waals surface area contributed by atoms with Gasteiger partial charge in [-0.05, 0) is 47.3 Å². The van der Waals surface area contributed by atoms with Crippen LogP contribution in [-0.2, 0) is 9.53 Å². The molecule has 2 aliphatic heterocycles. The summed E-state index contributed by atoms with van der Waals surface area (Å²) in [7, 11) is 3.25. The molecule has 0 N–H and O–H groups in total. The number of methoxy groups -OCH3 is 2. The van der Waals surface area contributed by atoms with E-state index in [1.807, 2.05) is 60.0 Å². The summed E-state index contributed by atoms with van der Waals surface area (Å²) in [5.74, 6) is 1.05. The second kappa shape index (κ2) is 13.1. The van der Waals surface area contributed by atoms with Gasteiger partial charge in [0.2, 0.25) is 0 Å². The van der Waals surface area contributed by atoms with Crippen molar-refractivity contribution in [1.82, 2.24) is 14.8 Å². The number of benzene rings is 2. The standard InChI is InChI=1S/C30H34N4O5S/c1-37-23-11-9-22(10-12-23)25-20-26(24-6-3-4-7-27(24)38-2)34(31-25)29(35)21-33(30(36)28-8-5-19-40-28)14-13-32-15-17-39-18-16-32/h3-12,19,26H,13-18,20-21H2,1-2H3/t26-/m1/s1. The molecule has 3 aromatic rings. The lowest BCUT2D eigenvalue weighted by atomic mass is 9.97. The molecule has 5 rings (SSSR count). The molecule has 2 aromatic carbocycles. The average molecular weight is 563 g/mol. The van der Waals surface area contributed by atoms with E-state index in [0.717, 1.165) is 35.7 Å². The van der Waals surface area contributed by atoms with Crippen molar-refractivity contribution < 1.29 is 23.8 Å². The summed E-state index contributed by atoms with van der Waals surface area (Å²) in [4.78, 5) is 32.0. The van der Waals surface area contributed by atoms with Crippen molar-refractivity contribution in [2.75, 3.05) is 60.2 Å². The van der Waals surface area contributed by atoms with Crippen molar-refractivity contribution in [2.45, 2.75) is 12.5 Å². The van der Waals surface area contributed by atoms with E-state index in [9.17, 15) is 9.59 Å².